The van der Waals surface area contributed by atoms with Crippen LogP contribution < -0.4 is 15.6 Å². The average Bonchev–Trinajstić information content (AvgIpc) is 2.69. The van der Waals surface area contributed by atoms with E-state index in [1.807, 2.05) is 104 Å². The fourth-order valence-electron chi connectivity index (χ4n) is 3.20. The molecule has 0 spiro atoms. The lowest BCUT2D eigenvalue weighted by molar-refractivity contribution is 0.421. The first-order valence-corrected chi connectivity index (χ1v) is 18.3. The summed E-state index contributed by atoms with van der Waals surface area (Å²) < 4.78 is 13.5. The van der Waals surface area contributed by atoms with Gasteiger partial charge >= 0.3 is 23.8 Å². The van der Waals surface area contributed by atoms with Gasteiger partial charge in [-0.15, -0.1) is 22.2 Å². The average molecular weight is 464 g/mol. The highest BCUT2D eigenvalue weighted by Gasteiger charge is 2.48. The number of rotatable bonds is 7. The van der Waals surface area contributed by atoms with Crippen molar-refractivity contribution in [1.82, 2.24) is 0 Å². The van der Waals surface area contributed by atoms with E-state index in [0.717, 1.165) is 15.6 Å². The Hall–Kier alpha value is -1.19. The number of hydrogen-bond acceptors (Lipinski definition) is 2. The molecule has 0 aliphatic rings. The molecular formula is C21H24Cl2O2Si3. The van der Waals surface area contributed by atoms with Gasteiger partial charge < -0.3 is 8.23 Å². The van der Waals surface area contributed by atoms with Crippen molar-refractivity contribution in [3.05, 3.63) is 91.0 Å². The molecule has 0 aliphatic carbocycles. The van der Waals surface area contributed by atoms with Crippen molar-refractivity contribution >= 4 is 61.5 Å². The van der Waals surface area contributed by atoms with Crippen LogP contribution in [0, 0.1) is 0 Å². The zero-order valence-electron chi connectivity index (χ0n) is 16.2. The summed E-state index contributed by atoms with van der Waals surface area (Å²) in [5.74, 6) is 0. The van der Waals surface area contributed by atoms with E-state index in [0.29, 0.717) is 0 Å². The molecule has 3 aromatic rings. The molecule has 0 N–H and O–H groups in total. The summed E-state index contributed by atoms with van der Waals surface area (Å²) in [6.45, 7) is 6.05. The molecule has 2 atom stereocenters. The van der Waals surface area contributed by atoms with Crippen LogP contribution in [-0.2, 0) is 8.23 Å². The highest BCUT2D eigenvalue weighted by molar-refractivity contribution is 7.28. The summed E-state index contributed by atoms with van der Waals surface area (Å²) in [5, 5.41) is 3.07. The monoisotopic (exact) mass is 462 g/mol. The van der Waals surface area contributed by atoms with E-state index in [9.17, 15) is 0 Å². The summed E-state index contributed by atoms with van der Waals surface area (Å²) in [5.41, 5.74) is 0. The quantitative estimate of drug-likeness (QED) is 0.381. The number of benzene rings is 3. The van der Waals surface area contributed by atoms with Crippen LogP contribution in [0.2, 0.25) is 19.6 Å². The van der Waals surface area contributed by atoms with Crippen molar-refractivity contribution in [3.63, 3.8) is 0 Å². The van der Waals surface area contributed by atoms with E-state index in [1.165, 1.54) is 0 Å². The van der Waals surface area contributed by atoms with Crippen LogP contribution in [0.25, 0.3) is 0 Å². The molecule has 2 unspecified atom stereocenters. The van der Waals surface area contributed by atoms with Crippen molar-refractivity contribution in [2.75, 3.05) is 0 Å². The summed E-state index contributed by atoms with van der Waals surface area (Å²) in [6.07, 6.45) is 0. The largest absolute Gasteiger partial charge is 0.418 e. The van der Waals surface area contributed by atoms with Crippen LogP contribution >= 0.6 is 22.2 Å². The Morgan fingerprint density at radius 1 is 0.500 bits per heavy atom. The summed E-state index contributed by atoms with van der Waals surface area (Å²) in [6, 6.07) is 30.1. The van der Waals surface area contributed by atoms with Crippen molar-refractivity contribution in [1.29, 1.82) is 0 Å². The Morgan fingerprint density at radius 3 is 1.11 bits per heavy atom. The van der Waals surface area contributed by atoms with Gasteiger partial charge in [0.05, 0.1) is 0 Å². The summed E-state index contributed by atoms with van der Waals surface area (Å²) in [7, 11) is -8.35. The molecule has 7 heteroatoms. The molecule has 0 fully saturated rings. The highest BCUT2D eigenvalue weighted by atomic mass is 35.6. The molecule has 28 heavy (non-hydrogen) atoms. The zero-order chi connectivity index (χ0) is 20.3. The van der Waals surface area contributed by atoms with Crippen LogP contribution in [0.3, 0.4) is 0 Å². The van der Waals surface area contributed by atoms with Crippen molar-refractivity contribution < 1.29 is 8.23 Å². The molecule has 146 valence electrons. The molecule has 0 aromatic heterocycles. The van der Waals surface area contributed by atoms with Crippen LogP contribution in [0.15, 0.2) is 91.0 Å². The van der Waals surface area contributed by atoms with Crippen LogP contribution in [-0.4, -0.2) is 23.8 Å². The Bertz CT molecular complexity index is 838. The van der Waals surface area contributed by atoms with Gasteiger partial charge in [0, 0.05) is 0 Å². The summed E-state index contributed by atoms with van der Waals surface area (Å²) >= 11 is 14.0. The maximum Gasteiger partial charge on any atom is 0.350 e. The summed E-state index contributed by atoms with van der Waals surface area (Å²) in [4.78, 5) is 0. The minimum absolute atomic E-state index is 1.02. The first kappa shape index (κ1) is 21.5. The zero-order valence-corrected chi connectivity index (χ0v) is 20.7. The third-order valence-electron chi connectivity index (χ3n) is 4.65. The minimum Gasteiger partial charge on any atom is -0.418 e. The topological polar surface area (TPSA) is 18.5 Å². The molecule has 0 amide bonds. The van der Waals surface area contributed by atoms with Gasteiger partial charge in [0.1, 0.15) is 0 Å². The van der Waals surface area contributed by atoms with Gasteiger partial charge in [-0.2, -0.15) is 0 Å². The van der Waals surface area contributed by atoms with Crippen LogP contribution in [0.5, 0.6) is 0 Å². The maximum absolute atomic E-state index is 7.01. The van der Waals surface area contributed by atoms with Gasteiger partial charge in [0.25, 0.3) is 0 Å². The lowest BCUT2D eigenvalue weighted by Gasteiger charge is -2.38. The first-order chi connectivity index (χ1) is 13.2. The second-order valence-corrected chi connectivity index (χ2v) is 20.3. The second-order valence-electron chi connectivity index (χ2n) is 7.08. The van der Waals surface area contributed by atoms with Gasteiger partial charge in [-0.25, -0.2) is 0 Å². The van der Waals surface area contributed by atoms with E-state index in [2.05, 4.69) is 6.55 Å². The van der Waals surface area contributed by atoms with Crippen molar-refractivity contribution in [2.45, 2.75) is 19.6 Å². The number of halogens is 2. The first-order valence-electron chi connectivity index (χ1n) is 9.18. The Labute approximate surface area is 180 Å². The fraction of sp³-hybridized carbons (Fsp3) is 0.143. The maximum atomic E-state index is 7.01. The molecule has 0 saturated carbocycles. The van der Waals surface area contributed by atoms with E-state index >= 15 is 0 Å². The van der Waals surface area contributed by atoms with E-state index < -0.39 is 23.8 Å². The molecule has 3 rings (SSSR count). The molecule has 0 bridgehead atoms. The third-order valence-corrected chi connectivity index (χ3v) is 17.6. The van der Waals surface area contributed by atoms with Gasteiger partial charge in [-0.1, -0.05) is 91.0 Å². The van der Waals surface area contributed by atoms with Gasteiger partial charge in [-0.3, -0.25) is 0 Å². The van der Waals surface area contributed by atoms with Crippen LogP contribution in [0.1, 0.15) is 0 Å². The van der Waals surface area contributed by atoms with Gasteiger partial charge in [0.15, 0.2) is 0 Å². The molecule has 0 radical (unpaired) electrons. The molecule has 0 heterocycles. The van der Waals surface area contributed by atoms with E-state index in [4.69, 9.17) is 30.4 Å². The van der Waals surface area contributed by atoms with Gasteiger partial charge in [-0.05, 0) is 35.2 Å². The molecular weight excluding hydrogens is 439 g/mol. The molecule has 0 aliphatic heterocycles. The molecule has 3 aromatic carbocycles. The second kappa shape index (κ2) is 8.67. The molecule has 0 saturated heterocycles. The highest BCUT2D eigenvalue weighted by Crippen LogP contribution is 2.25. The lowest BCUT2D eigenvalue weighted by Crippen LogP contribution is -2.65. The lowest BCUT2D eigenvalue weighted by atomic mass is 10.4. The fourth-order valence-corrected chi connectivity index (χ4v) is 17.3. The normalized spacial score (nSPS) is 17.9. The third kappa shape index (κ3) is 5.04. The Kier molecular flexibility index (Phi) is 6.66. The van der Waals surface area contributed by atoms with E-state index in [1.54, 1.807) is 0 Å². The van der Waals surface area contributed by atoms with Crippen LogP contribution in [0.4, 0.5) is 0 Å². The minimum atomic E-state index is -2.90. The smallest absolute Gasteiger partial charge is 0.350 e. The number of hydrogen-bond donors (Lipinski definition) is 0. The predicted octanol–water partition coefficient (Wildman–Crippen LogP) is 4.43. The van der Waals surface area contributed by atoms with Crippen molar-refractivity contribution in [3.8, 4) is 0 Å². The van der Waals surface area contributed by atoms with Crippen molar-refractivity contribution in [2.24, 2.45) is 0 Å². The predicted molar refractivity (Wildman–Crippen MR) is 127 cm³/mol. The van der Waals surface area contributed by atoms with E-state index in [-0.39, 0.29) is 0 Å². The molecule has 2 nitrogen and oxygen atoms in total. The van der Waals surface area contributed by atoms with Gasteiger partial charge in [0.2, 0.25) is 0 Å². The standard InChI is InChI=1S/C21H24Cl2O2Si3/c1-26(22,19-13-7-4-8-14-19)24-28(3,21-17-11-6-12-18-21)25-27(2,23)20-15-9-5-10-16-20/h4-18H,1-3H3. The Morgan fingerprint density at radius 2 is 0.786 bits per heavy atom. The SMILES string of the molecule is C[Si](Cl)(O[Si](C)(O[Si](C)(Cl)c1ccccc1)c1ccccc1)c1ccccc1. The Balaban J connectivity index is 1.99.